The zero-order chi connectivity index (χ0) is 15.6. The van der Waals surface area contributed by atoms with E-state index in [0.29, 0.717) is 18.0 Å². The molecule has 0 saturated carbocycles. The van der Waals surface area contributed by atoms with Crippen molar-refractivity contribution in [3.8, 4) is 0 Å². The highest BCUT2D eigenvalue weighted by Gasteiger charge is 2.35. The van der Waals surface area contributed by atoms with Crippen LogP contribution in [0.5, 0.6) is 0 Å². The molecule has 1 atom stereocenters. The van der Waals surface area contributed by atoms with Gasteiger partial charge in [-0.05, 0) is 38.1 Å². The molecular weight excluding hydrogens is 311 g/mol. The molecule has 0 spiro atoms. The third kappa shape index (κ3) is 3.69. The summed E-state index contributed by atoms with van der Waals surface area (Å²) in [7, 11) is 0. The molecule has 4 nitrogen and oxygen atoms in total. The van der Waals surface area contributed by atoms with Gasteiger partial charge in [-0.25, -0.2) is 0 Å². The number of hydrogen-bond acceptors (Lipinski definition) is 2. The molecule has 0 aromatic heterocycles. The molecule has 114 valence electrons. The van der Waals surface area contributed by atoms with E-state index in [2.05, 4.69) is 5.32 Å². The number of halogens is 2. The first kappa shape index (κ1) is 16.1. The van der Waals surface area contributed by atoms with E-state index in [1.54, 1.807) is 43.0 Å². The molecule has 1 aromatic carbocycles. The first-order chi connectivity index (χ1) is 9.83. The maximum Gasteiger partial charge on any atom is 0.229 e. The summed E-state index contributed by atoms with van der Waals surface area (Å²) in [6, 6.07) is 6.89. The number of benzene rings is 1. The van der Waals surface area contributed by atoms with Crippen LogP contribution < -0.4 is 10.2 Å². The van der Waals surface area contributed by atoms with Gasteiger partial charge in [0.2, 0.25) is 11.8 Å². The number of nitrogens with zero attached hydrogens (tertiary/aromatic N) is 1. The van der Waals surface area contributed by atoms with Crippen molar-refractivity contribution in [2.45, 2.75) is 26.3 Å². The van der Waals surface area contributed by atoms with E-state index in [9.17, 15) is 9.59 Å². The highest BCUT2D eigenvalue weighted by atomic mass is 35.5. The van der Waals surface area contributed by atoms with Crippen molar-refractivity contribution >= 4 is 40.7 Å². The van der Waals surface area contributed by atoms with Crippen LogP contribution in [-0.2, 0) is 9.59 Å². The molecule has 1 heterocycles. The Hall–Kier alpha value is -1.26. The summed E-state index contributed by atoms with van der Waals surface area (Å²) < 4.78 is 0. The summed E-state index contributed by atoms with van der Waals surface area (Å²) in [5, 5.41) is 3.52. The van der Waals surface area contributed by atoms with Crippen molar-refractivity contribution in [2.24, 2.45) is 5.41 Å². The lowest BCUT2D eigenvalue weighted by molar-refractivity contribution is -0.128. The van der Waals surface area contributed by atoms with Crippen LogP contribution in [-0.4, -0.2) is 30.3 Å². The smallest absolute Gasteiger partial charge is 0.229 e. The number of carbonyl (C=O) groups is 2. The molecule has 1 aliphatic rings. The van der Waals surface area contributed by atoms with E-state index in [0.717, 1.165) is 5.69 Å². The van der Waals surface area contributed by atoms with E-state index in [4.69, 9.17) is 23.2 Å². The summed E-state index contributed by atoms with van der Waals surface area (Å²) in [4.78, 5) is 25.9. The largest absolute Gasteiger partial charge is 0.351 e. The molecule has 1 aliphatic heterocycles. The van der Waals surface area contributed by atoms with E-state index in [1.165, 1.54) is 0 Å². The summed E-state index contributed by atoms with van der Waals surface area (Å²) in [6.07, 6.45) is 0.298. The van der Waals surface area contributed by atoms with Crippen molar-refractivity contribution in [3.05, 3.63) is 29.3 Å². The second-order valence-corrected chi connectivity index (χ2v) is 6.58. The Labute approximate surface area is 134 Å². The monoisotopic (exact) mass is 328 g/mol. The topological polar surface area (TPSA) is 49.4 Å². The molecular formula is C15H18Cl2N2O2. The zero-order valence-electron chi connectivity index (χ0n) is 12.0. The van der Waals surface area contributed by atoms with E-state index in [-0.39, 0.29) is 23.7 Å². The average molecular weight is 329 g/mol. The number of nitrogens with one attached hydrogen (secondary N) is 1. The molecule has 1 fully saturated rings. The van der Waals surface area contributed by atoms with Crippen molar-refractivity contribution in [1.82, 2.24) is 5.32 Å². The van der Waals surface area contributed by atoms with E-state index < -0.39 is 5.41 Å². The van der Waals surface area contributed by atoms with Gasteiger partial charge in [0.25, 0.3) is 0 Å². The first-order valence-corrected chi connectivity index (χ1v) is 7.67. The average Bonchev–Trinajstić information content (AvgIpc) is 2.80. The minimum atomic E-state index is -0.641. The number of anilines is 1. The van der Waals surface area contributed by atoms with Gasteiger partial charge in [0.15, 0.2) is 0 Å². The fraction of sp³-hybridized carbons (Fsp3) is 0.467. The maximum absolute atomic E-state index is 12.1. The molecule has 0 bridgehead atoms. The maximum atomic E-state index is 12.1. The Balaban J connectivity index is 2.03. The number of carbonyl (C=O) groups excluding carboxylic acids is 2. The number of rotatable bonds is 4. The van der Waals surface area contributed by atoms with Gasteiger partial charge in [-0.1, -0.05) is 11.6 Å². The number of amides is 2. The second kappa shape index (κ2) is 6.24. The number of hydrogen-bond donors (Lipinski definition) is 1. The van der Waals surface area contributed by atoms with Crippen molar-refractivity contribution in [2.75, 3.05) is 17.3 Å². The lowest BCUT2D eigenvalue weighted by Gasteiger charge is -2.23. The third-order valence-electron chi connectivity index (χ3n) is 3.55. The number of alkyl halides is 1. The van der Waals surface area contributed by atoms with Gasteiger partial charge >= 0.3 is 0 Å². The molecule has 1 aromatic rings. The standard InChI is InChI=1S/C15H18Cl2N2O2/c1-15(2,9-16)14(21)18-11-7-13(20)19(8-11)12-5-3-10(17)4-6-12/h3-6,11H,7-9H2,1-2H3,(H,18,21). The Kier molecular flexibility index (Phi) is 4.79. The van der Waals surface area contributed by atoms with Gasteiger partial charge in [0, 0.05) is 29.6 Å². The SMILES string of the molecule is CC(C)(CCl)C(=O)NC1CC(=O)N(c2ccc(Cl)cc2)C1. The summed E-state index contributed by atoms with van der Waals surface area (Å²) in [6.45, 7) is 4.02. The first-order valence-electron chi connectivity index (χ1n) is 6.76. The second-order valence-electron chi connectivity index (χ2n) is 5.87. The van der Waals surface area contributed by atoms with Gasteiger partial charge in [0.05, 0.1) is 11.5 Å². The molecule has 1 saturated heterocycles. The molecule has 0 aliphatic carbocycles. The van der Waals surface area contributed by atoms with Gasteiger partial charge in [-0.2, -0.15) is 0 Å². The molecule has 0 radical (unpaired) electrons. The molecule has 1 unspecified atom stereocenters. The molecule has 1 N–H and O–H groups in total. The predicted molar refractivity (Wildman–Crippen MR) is 84.9 cm³/mol. The van der Waals surface area contributed by atoms with E-state index in [1.807, 2.05) is 0 Å². The van der Waals surface area contributed by atoms with Crippen LogP contribution in [0.25, 0.3) is 0 Å². The fourth-order valence-corrected chi connectivity index (χ4v) is 2.36. The summed E-state index contributed by atoms with van der Waals surface area (Å²) >= 11 is 11.6. The highest BCUT2D eigenvalue weighted by molar-refractivity contribution is 6.30. The van der Waals surface area contributed by atoms with Crippen LogP contribution in [0.1, 0.15) is 20.3 Å². The molecule has 2 amide bonds. The minimum absolute atomic E-state index is 0.00805. The fourth-order valence-electron chi connectivity index (χ4n) is 2.12. The summed E-state index contributed by atoms with van der Waals surface area (Å²) in [5.74, 6) is 0.0972. The van der Waals surface area contributed by atoms with Crippen molar-refractivity contribution in [1.29, 1.82) is 0 Å². The van der Waals surface area contributed by atoms with Crippen LogP contribution >= 0.6 is 23.2 Å². The third-order valence-corrected chi connectivity index (χ3v) is 4.47. The van der Waals surface area contributed by atoms with Crippen LogP contribution in [0.15, 0.2) is 24.3 Å². The zero-order valence-corrected chi connectivity index (χ0v) is 13.5. The summed E-state index contributed by atoms with van der Waals surface area (Å²) in [5.41, 5.74) is 0.149. The van der Waals surface area contributed by atoms with Gasteiger partial charge in [0.1, 0.15) is 0 Å². The van der Waals surface area contributed by atoms with Gasteiger partial charge in [-0.3, -0.25) is 9.59 Å². The van der Waals surface area contributed by atoms with Gasteiger partial charge in [-0.15, -0.1) is 11.6 Å². The van der Waals surface area contributed by atoms with Crippen LogP contribution in [0.3, 0.4) is 0 Å². The minimum Gasteiger partial charge on any atom is -0.351 e. The van der Waals surface area contributed by atoms with Gasteiger partial charge < -0.3 is 10.2 Å². The normalized spacial score (nSPS) is 19.0. The van der Waals surface area contributed by atoms with Crippen molar-refractivity contribution < 1.29 is 9.59 Å². The lowest BCUT2D eigenvalue weighted by Crippen LogP contribution is -2.44. The molecule has 6 heteroatoms. The predicted octanol–water partition coefficient (Wildman–Crippen LogP) is 2.83. The molecule has 21 heavy (non-hydrogen) atoms. The van der Waals surface area contributed by atoms with Crippen LogP contribution in [0.2, 0.25) is 5.02 Å². The lowest BCUT2D eigenvalue weighted by atomic mass is 9.95. The quantitative estimate of drug-likeness (QED) is 0.864. The van der Waals surface area contributed by atoms with Crippen LogP contribution in [0, 0.1) is 5.41 Å². The molecule has 2 rings (SSSR count). The van der Waals surface area contributed by atoms with E-state index >= 15 is 0 Å². The van der Waals surface area contributed by atoms with Crippen molar-refractivity contribution in [3.63, 3.8) is 0 Å². The Morgan fingerprint density at radius 3 is 2.57 bits per heavy atom. The Morgan fingerprint density at radius 1 is 1.38 bits per heavy atom. The van der Waals surface area contributed by atoms with Crippen LogP contribution in [0.4, 0.5) is 5.69 Å². The highest BCUT2D eigenvalue weighted by Crippen LogP contribution is 2.24. The Morgan fingerprint density at radius 2 is 2.00 bits per heavy atom. The Bertz CT molecular complexity index is 543.